The Balaban J connectivity index is 1.50. The van der Waals surface area contributed by atoms with Crippen molar-refractivity contribution in [3.05, 3.63) is 80.5 Å². The first-order valence-electron chi connectivity index (χ1n) is 11.7. The predicted octanol–water partition coefficient (Wildman–Crippen LogP) is 5.19. The van der Waals surface area contributed by atoms with Crippen LogP contribution in [0.15, 0.2) is 52.4 Å². The van der Waals surface area contributed by atoms with E-state index in [9.17, 15) is 40.3 Å². The zero-order chi connectivity index (χ0) is 29.4. The number of pyridine rings is 2. The fraction of sp³-hybridized carbons (Fsp3) is 0.280. The lowest BCUT2D eigenvalue weighted by Gasteiger charge is -2.18. The van der Waals surface area contributed by atoms with E-state index in [4.69, 9.17) is 5.73 Å². The highest BCUT2D eigenvalue weighted by Gasteiger charge is 2.37. The van der Waals surface area contributed by atoms with Crippen molar-refractivity contribution in [3.63, 3.8) is 0 Å². The van der Waals surface area contributed by atoms with Crippen LogP contribution >= 0.6 is 0 Å². The van der Waals surface area contributed by atoms with Gasteiger partial charge in [0.15, 0.2) is 0 Å². The molecule has 0 amide bonds. The van der Waals surface area contributed by atoms with E-state index in [0.717, 1.165) is 18.3 Å². The summed E-state index contributed by atoms with van der Waals surface area (Å²) in [7, 11) is 0. The number of benzene rings is 1. The summed E-state index contributed by atoms with van der Waals surface area (Å²) in [5, 5.41) is 8.09. The lowest BCUT2D eigenvalue weighted by Crippen LogP contribution is -2.27. The second-order valence-corrected chi connectivity index (χ2v) is 9.06. The number of nitrogens with two attached hydrogens (primary N) is 1. The van der Waals surface area contributed by atoms with Crippen LogP contribution in [0.1, 0.15) is 30.9 Å². The van der Waals surface area contributed by atoms with E-state index in [1.165, 1.54) is 22.9 Å². The second-order valence-electron chi connectivity index (χ2n) is 9.06. The number of hydrogen-bond acceptors (Lipinski definition) is 6. The monoisotopic (exact) mass is 570 g/mol. The molecule has 0 bridgehead atoms. The fourth-order valence-corrected chi connectivity index (χ4v) is 4.23. The third-order valence-corrected chi connectivity index (χ3v) is 6.16. The summed E-state index contributed by atoms with van der Waals surface area (Å²) in [5.41, 5.74) is -0.349. The van der Waals surface area contributed by atoms with Gasteiger partial charge in [-0.2, -0.15) is 31.4 Å². The maximum atomic E-state index is 14.9. The highest BCUT2D eigenvalue weighted by molar-refractivity contribution is 5.86. The lowest BCUT2D eigenvalue weighted by molar-refractivity contribution is -0.138. The van der Waals surface area contributed by atoms with Crippen LogP contribution in [0.4, 0.5) is 42.1 Å². The maximum absolute atomic E-state index is 14.9. The number of H-pyrrole nitrogens is 1. The summed E-state index contributed by atoms with van der Waals surface area (Å²) in [4.78, 5) is 28.2. The Labute approximate surface area is 220 Å². The Bertz CT molecular complexity index is 1680. The number of nitrogens with one attached hydrogen (secondary N) is 2. The SMILES string of the molecule is C[C@@H](CCCn1ccc2cc(-c3cc(N)c(C(F)(F)F)cn3)c(F)cc2c1=O)Nc1cn[nH]c(=O)c1C(F)(F)F. The van der Waals surface area contributed by atoms with Crippen LogP contribution in [-0.4, -0.2) is 25.8 Å². The lowest BCUT2D eigenvalue weighted by atomic mass is 10.0. The summed E-state index contributed by atoms with van der Waals surface area (Å²) >= 11 is 0. The number of hydrogen-bond donors (Lipinski definition) is 3. The standard InChI is InChI=1S/C25H21F7N6O2/c1-12(36-20-11-35-37-22(39)21(20)25(30,31)32)3-2-5-38-6-4-13-7-15(17(26)8-14(13)23(38)40)19-9-18(33)16(10-34-19)24(27,28)29/h4,6-12H,2-3,5H2,1H3,(H2,33,34)(H2,36,37,39)/t12-/m0/s1. The number of nitrogens with zero attached hydrogens (tertiary/aromatic N) is 3. The molecule has 0 saturated carbocycles. The van der Waals surface area contributed by atoms with Gasteiger partial charge in [-0.05, 0) is 49.4 Å². The molecule has 15 heteroatoms. The first-order valence-corrected chi connectivity index (χ1v) is 11.7. The smallest absolute Gasteiger partial charge is 0.398 e. The number of halogens is 7. The number of nitrogen functional groups attached to an aromatic ring is 1. The van der Waals surface area contributed by atoms with Crippen molar-refractivity contribution < 1.29 is 30.7 Å². The molecule has 40 heavy (non-hydrogen) atoms. The molecular formula is C25H21F7N6O2. The maximum Gasteiger partial charge on any atom is 0.423 e. The van der Waals surface area contributed by atoms with Crippen LogP contribution in [0.5, 0.6) is 0 Å². The minimum absolute atomic E-state index is 0.0132. The Morgan fingerprint density at radius 1 is 1.07 bits per heavy atom. The third-order valence-electron chi connectivity index (χ3n) is 6.16. The van der Waals surface area contributed by atoms with E-state index in [0.29, 0.717) is 24.4 Å². The number of anilines is 2. The van der Waals surface area contributed by atoms with Gasteiger partial charge in [0.05, 0.1) is 28.5 Å². The number of aromatic amines is 1. The molecule has 0 spiro atoms. The van der Waals surface area contributed by atoms with Crippen LogP contribution in [0.25, 0.3) is 22.0 Å². The van der Waals surface area contributed by atoms with Gasteiger partial charge >= 0.3 is 12.4 Å². The summed E-state index contributed by atoms with van der Waals surface area (Å²) < 4.78 is 94.8. The molecule has 0 aliphatic carbocycles. The highest BCUT2D eigenvalue weighted by atomic mass is 19.4. The quantitative estimate of drug-likeness (QED) is 0.264. The topological polar surface area (TPSA) is 119 Å². The van der Waals surface area contributed by atoms with Crippen LogP contribution in [0, 0.1) is 5.82 Å². The van der Waals surface area contributed by atoms with Gasteiger partial charge in [0.1, 0.15) is 11.4 Å². The average Bonchev–Trinajstić information content (AvgIpc) is 2.84. The molecule has 1 aromatic carbocycles. The molecule has 0 saturated heterocycles. The largest absolute Gasteiger partial charge is 0.423 e. The summed E-state index contributed by atoms with van der Waals surface area (Å²) in [5.74, 6) is -0.890. The number of aromatic nitrogens is 4. The molecule has 3 heterocycles. The van der Waals surface area contributed by atoms with E-state index in [2.05, 4.69) is 15.4 Å². The van der Waals surface area contributed by atoms with Crippen LogP contribution < -0.4 is 22.2 Å². The van der Waals surface area contributed by atoms with Crippen molar-refractivity contribution in [1.82, 2.24) is 19.7 Å². The van der Waals surface area contributed by atoms with Crippen molar-refractivity contribution in [2.24, 2.45) is 0 Å². The minimum Gasteiger partial charge on any atom is -0.398 e. The summed E-state index contributed by atoms with van der Waals surface area (Å²) in [6.07, 6.45) is -6.14. The van der Waals surface area contributed by atoms with Gasteiger partial charge < -0.3 is 15.6 Å². The molecule has 0 unspecified atom stereocenters. The normalized spacial score (nSPS) is 13.0. The molecule has 4 N–H and O–H groups in total. The van der Waals surface area contributed by atoms with Crippen molar-refractivity contribution in [1.29, 1.82) is 0 Å². The first kappa shape index (κ1) is 28.6. The van der Waals surface area contributed by atoms with E-state index in [-0.39, 0.29) is 23.2 Å². The van der Waals surface area contributed by atoms with E-state index in [1.54, 1.807) is 12.0 Å². The Hall–Kier alpha value is -4.43. The van der Waals surface area contributed by atoms with E-state index >= 15 is 0 Å². The fourth-order valence-electron chi connectivity index (χ4n) is 4.23. The van der Waals surface area contributed by atoms with Crippen molar-refractivity contribution >= 4 is 22.1 Å². The molecule has 4 aromatic rings. The second kappa shape index (κ2) is 10.6. The number of aryl methyl sites for hydroxylation is 1. The predicted molar refractivity (Wildman–Crippen MR) is 133 cm³/mol. The van der Waals surface area contributed by atoms with Crippen molar-refractivity contribution in [2.45, 2.75) is 44.7 Å². The Kier molecular flexibility index (Phi) is 7.59. The number of alkyl halides is 6. The van der Waals surface area contributed by atoms with Crippen LogP contribution in [-0.2, 0) is 18.9 Å². The molecule has 0 aliphatic heterocycles. The molecule has 0 radical (unpaired) electrons. The number of rotatable bonds is 7. The van der Waals surface area contributed by atoms with Gasteiger partial charge in [-0.25, -0.2) is 9.49 Å². The minimum atomic E-state index is -4.89. The Morgan fingerprint density at radius 3 is 2.45 bits per heavy atom. The summed E-state index contributed by atoms with van der Waals surface area (Å²) in [6.45, 7) is 1.75. The molecule has 0 aliphatic rings. The molecule has 0 fully saturated rings. The van der Waals surface area contributed by atoms with Gasteiger partial charge in [0.25, 0.3) is 11.1 Å². The van der Waals surface area contributed by atoms with Crippen LogP contribution in [0.3, 0.4) is 0 Å². The zero-order valence-electron chi connectivity index (χ0n) is 20.6. The highest BCUT2D eigenvalue weighted by Crippen LogP contribution is 2.35. The molecule has 8 nitrogen and oxygen atoms in total. The van der Waals surface area contributed by atoms with Crippen molar-refractivity contribution in [2.75, 3.05) is 11.1 Å². The van der Waals surface area contributed by atoms with Crippen LogP contribution in [0.2, 0.25) is 0 Å². The molecule has 212 valence electrons. The van der Waals surface area contributed by atoms with Gasteiger partial charge in [0, 0.05) is 36.2 Å². The molecule has 1 atom stereocenters. The van der Waals surface area contributed by atoms with Crippen molar-refractivity contribution in [3.8, 4) is 11.3 Å². The zero-order valence-corrected chi connectivity index (χ0v) is 20.6. The summed E-state index contributed by atoms with van der Waals surface area (Å²) in [6, 6.07) is 4.15. The van der Waals surface area contributed by atoms with E-state index < -0.39 is 57.8 Å². The third kappa shape index (κ3) is 5.92. The van der Waals surface area contributed by atoms with Gasteiger partial charge in [0.2, 0.25) is 0 Å². The molecular weight excluding hydrogens is 549 g/mol. The van der Waals surface area contributed by atoms with Gasteiger partial charge in [-0.3, -0.25) is 14.6 Å². The van der Waals surface area contributed by atoms with Gasteiger partial charge in [-0.15, -0.1) is 0 Å². The average molecular weight is 570 g/mol. The molecule has 4 rings (SSSR count). The Morgan fingerprint density at radius 2 is 1.80 bits per heavy atom. The van der Waals surface area contributed by atoms with Gasteiger partial charge in [-0.1, -0.05) is 0 Å². The number of fused-ring (bicyclic) bond motifs is 1. The first-order chi connectivity index (χ1) is 18.7. The molecule has 3 aromatic heterocycles. The van der Waals surface area contributed by atoms with E-state index in [1.807, 2.05) is 0 Å².